The summed E-state index contributed by atoms with van der Waals surface area (Å²) in [5, 5.41) is 9.79. The Hall–Kier alpha value is -1.98. The lowest BCUT2D eigenvalue weighted by atomic mass is 10.1. The zero-order chi connectivity index (χ0) is 14.0. The molecule has 0 aliphatic rings. The molecule has 2 nitrogen and oxygen atoms in total. The molecule has 3 heteroatoms. The van der Waals surface area contributed by atoms with Gasteiger partial charge in [0.15, 0.2) is 0 Å². The summed E-state index contributed by atoms with van der Waals surface area (Å²) >= 11 is 5.93. The van der Waals surface area contributed by atoms with Gasteiger partial charge in [-0.3, -0.25) is 0 Å². The second kappa shape index (κ2) is 5.34. The molecular formula is C16H15ClN2. The van der Waals surface area contributed by atoms with Crippen molar-refractivity contribution in [2.45, 2.75) is 13.8 Å². The number of hydrogen-bond acceptors (Lipinski definition) is 2. The summed E-state index contributed by atoms with van der Waals surface area (Å²) < 4.78 is 0. The van der Waals surface area contributed by atoms with E-state index in [1.165, 1.54) is 11.1 Å². The van der Waals surface area contributed by atoms with Crippen molar-refractivity contribution in [3.8, 4) is 6.07 Å². The molecule has 2 rings (SSSR count). The van der Waals surface area contributed by atoms with Crippen LogP contribution in [0.15, 0.2) is 36.4 Å². The standard InChI is InChI=1S/C16H15ClN2/c1-11-6-12(2)8-15(7-11)19(3)16-5-4-14(17)9-13(16)10-18/h4-9H,1-3H3. The molecule has 0 heterocycles. The lowest BCUT2D eigenvalue weighted by Crippen LogP contribution is -2.11. The summed E-state index contributed by atoms with van der Waals surface area (Å²) in [6.07, 6.45) is 0. The Morgan fingerprint density at radius 1 is 1.05 bits per heavy atom. The first-order valence-electron chi connectivity index (χ1n) is 6.03. The summed E-state index contributed by atoms with van der Waals surface area (Å²) in [6.45, 7) is 4.13. The number of nitrogens with zero attached hydrogens (tertiary/aromatic N) is 2. The summed E-state index contributed by atoms with van der Waals surface area (Å²) in [5.74, 6) is 0. The van der Waals surface area contributed by atoms with Crippen LogP contribution < -0.4 is 4.90 Å². The predicted octanol–water partition coefficient (Wildman–Crippen LogP) is 4.60. The van der Waals surface area contributed by atoms with Crippen molar-refractivity contribution in [1.29, 1.82) is 5.26 Å². The van der Waals surface area contributed by atoms with Gasteiger partial charge in [-0.05, 0) is 55.3 Å². The molecule has 0 saturated heterocycles. The van der Waals surface area contributed by atoms with Gasteiger partial charge in [0.1, 0.15) is 6.07 Å². The molecule has 2 aromatic rings. The van der Waals surface area contributed by atoms with Crippen molar-refractivity contribution in [3.05, 3.63) is 58.1 Å². The third kappa shape index (κ3) is 2.89. The van der Waals surface area contributed by atoms with Gasteiger partial charge in [0.25, 0.3) is 0 Å². The molecule has 19 heavy (non-hydrogen) atoms. The van der Waals surface area contributed by atoms with Crippen molar-refractivity contribution in [2.24, 2.45) is 0 Å². The number of halogens is 1. The Labute approximate surface area is 118 Å². The van der Waals surface area contributed by atoms with E-state index in [1.54, 1.807) is 12.1 Å². The van der Waals surface area contributed by atoms with Gasteiger partial charge >= 0.3 is 0 Å². The average Bonchev–Trinajstić information content (AvgIpc) is 2.36. The highest BCUT2D eigenvalue weighted by Gasteiger charge is 2.10. The number of nitriles is 1. The SMILES string of the molecule is Cc1cc(C)cc(N(C)c2ccc(Cl)cc2C#N)c1. The minimum absolute atomic E-state index is 0.578. The molecule has 0 spiro atoms. The Bertz CT molecular complexity index is 636. The second-order valence-electron chi connectivity index (χ2n) is 4.68. The molecule has 0 N–H and O–H groups in total. The van der Waals surface area contributed by atoms with E-state index in [-0.39, 0.29) is 0 Å². The molecule has 0 fully saturated rings. The lowest BCUT2D eigenvalue weighted by Gasteiger charge is -2.22. The van der Waals surface area contributed by atoms with Crippen LogP contribution in [0.1, 0.15) is 16.7 Å². The molecule has 0 saturated carbocycles. The zero-order valence-electron chi connectivity index (χ0n) is 11.2. The largest absolute Gasteiger partial charge is 0.344 e. The quantitative estimate of drug-likeness (QED) is 0.798. The average molecular weight is 271 g/mol. The van der Waals surface area contributed by atoms with Gasteiger partial charge in [0.05, 0.1) is 11.3 Å². The number of rotatable bonds is 2. The second-order valence-corrected chi connectivity index (χ2v) is 5.11. The maximum absolute atomic E-state index is 9.21. The van der Waals surface area contributed by atoms with Gasteiger partial charge in [0.2, 0.25) is 0 Å². The van der Waals surface area contributed by atoms with Crippen LogP contribution in [0.25, 0.3) is 0 Å². The molecule has 0 aromatic heterocycles. The number of benzene rings is 2. The van der Waals surface area contributed by atoms with Crippen LogP contribution in [0.3, 0.4) is 0 Å². The highest BCUT2D eigenvalue weighted by molar-refractivity contribution is 6.30. The van der Waals surface area contributed by atoms with Crippen LogP contribution in [0.4, 0.5) is 11.4 Å². The first kappa shape index (κ1) is 13.5. The van der Waals surface area contributed by atoms with Crippen LogP contribution in [-0.2, 0) is 0 Å². The minimum Gasteiger partial charge on any atom is -0.344 e. The third-order valence-electron chi connectivity index (χ3n) is 3.03. The monoisotopic (exact) mass is 270 g/mol. The first-order chi connectivity index (χ1) is 9.01. The van der Waals surface area contributed by atoms with Gasteiger partial charge in [0, 0.05) is 17.8 Å². The van der Waals surface area contributed by atoms with Crippen molar-refractivity contribution in [2.75, 3.05) is 11.9 Å². The van der Waals surface area contributed by atoms with E-state index in [1.807, 2.05) is 18.0 Å². The molecule has 2 aromatic carbocycles. The highest BCUT2D eigenvalue weighted by Crippen LogP contribution is 2.29. The van der Waals surface area contributed by atoms with Gasteiger partial charge in [-0.15, -0.1) is 0 Å². The predicted molar refractivity (Wildman–Crippen MR) is 80.1 cm³/mol. The van der Waals surface area contributed by atoms with Crippen LogP contribution in [0.5, 0.6) is 0 Å². The Morgan fingerprint density at radius 3 is 2.26 bits per heavy atom. The molecule has 96 valence electrons. The van der Waals surface area contributed by atoms with E-state index in [0.717, 1.165) is 11.4 Å². The van der Waals surface area contributed by atoms with Crippen molar-refractivity contribution < 1.29 is 0 Å². The Balaban J connectivity index is 2.50. The fraction of sp³-hybridized carbons (Fsp3) is 0.188. The van der Waals surface area contributed by atoms with Gasteiger partial charge in [-0.25, -0.2) is 0 Å². The smallest absolute Gasteiger partial charge is 0.101 e. The number of aryl methyl sites for hydroxylation is 2. The van der Waals surface area contributed by atoms with Gasteiger partial charge in [-0.2, -0.15) is 5.26 Å². The van der Waals surface area contributed by atoms with E-state index in [4.69, 9.17) is 11.6 Å². The van der Waals surface area contributed by atoms with E-state index in [2.05, 4.69) is 38.1 Å². The van der Waals surface area contributed by atoms with Crippen LogP contribution in [-0.4, -0.2) is 7.05 Å². The first-order valence-corrected chi connectivity index (χ1v) is 6.41. The molecule has 0 radical (unpaired) electrons. The summed E-state index contributed by atoms with van der Waals surface area (Å²) in [4.78, 5) is 2.01. The highest BCUT2D eigenvalue weighted by atomic mass is 35.5. The van der Waals surface area contributed by atoms with E-state index >= 15 is 0 Å². The van der Waals surface area contributed by atoms with Crippen molar-refractivity contribution >= 4 is 23.0 Å². The molecular weight excluding hydrogens is 256 g/mol. The Morgan fingerprint density at radius 2 is 1.68 bits per heavy atom. The molecule has 0 unspecified atom stereocenters. The van der Waals surface area contributed by atoms with Gasteiger partial charge in [-0.1, -0.05) is 17.7 Å². The van der Waals surface area contributed by atoms with Crippen LogP contribution >= 0.6 is 11.6 Å². The summed E-state index contributed by atoms with van der Waals surface area (Å²) in [5.41, 5.74) is 4.91. The Kier molecular flexibility index (Phi) is 3.78. The van der Waals surface area contributed by atoms with Gasteiger partial charge < -0.3 is 4.90 Å². The molecule has 0 bridgehead atoms. The fourth-order valence-corrected chi connectivity index (χ4v) is 2.35. The molecule has 0 atom stereocenters. The fourth-order valence-electron chi connectivity index (χ4n) is 2.17. The van der Waals surface area contributed by atoms with Crippen LogP contribution in [0, 0.1) is 25.2 Å². The maximum atomic E-state index is 9.21. The van der Waals surface area contributed by atoms with E-state index in [9.17, 15) is 5.26 Å². The normalized spacial score (nSPS) is 10.1. The topological polar surface area (TPSA) is 27.0 Å². The number of anilines is 2. The van der Waals surface area contributed by atoms with Crippen molar-refractivity contribution in [3.63, 3.8) is 0 Å². The third-order valence-corrected chi connectivity index (χ3v) is 3.27. The van der Waals surface area contributed by atoms with E-state index < -0.39 is 0 Å². The summed E-state index contributed by atoms with van der Waals surface area (Å²) in [6, 6.07) is 13.9. The van der Waals surface area contributed by atoms with E-state index in [0.29, 0.717) is 10.6 Å². The van der Waals surface area contributed by atoms with Crippen molar-refractivity contribution in [1.82, 2.24) is 0 Å². The lowest BCUT2D eigenvalue weighted by molar-refractivity contribution is 1.18. The zero-order valence-corrected chi connectivity index (χ0v) is 12.0. The molecule has 0 aliphatic carbocycles. The molecule has 0 amide bonds. The van der Waals surface area contributed by atoms with Crippen LogP contribution in [0.2, 0.25) is 5.02 Å². The minimum atomic E-state index is 0.578. The molecule has 0 aliphatic heterocycles. The summed E-state index contributed by atoms with van der Waals surface area (Å²) in [7, 11) is 1.96. The number of hydrogen-bond donors (Lipinski definition) is 0. The maximum Gasteiger partial charge on any atom is 0.101 e.